The zero-order chi connectivity index (χ0) is 28.8. The molecule has 0 saturated carbocycles. The van der Waals surface area contributed by atoms with Gasteiger partial charge in [0.25, 0.3) is 0 Å². The monoisotopic (exact) mass is 564 g/mol. The molecule has 5 rings (SSSR count). The molecule has 8 heteroatoms. The van der Waals surface area contributed by atoms with Gasteiger partial charge in [0.1, 0.15) is 0 Å². The van der Waals surface area contributed by atoms with Gasteiger partial charge in [-0.1, -0.05) is 104 Å². The predicted molar refractivity (Wildman–Crippen MR) is 164 cm³/mol. The third kappa shape index (κ3) is 5.89. The molecule has 1 aliphatic rings. The molecule has 4 aromatic rings. The quantitative estimate of drug-likeness (QED) is 0.207. The fourth-order valence-corrected chi connectivity index (χ4v) is 8.00. The van der Waals surface area contributed by atoms with E-state index in [9.17, 15) is 0 Å². The third-order valence-electron chi connectivity index (χ3n) is 11.3. The van der Waals surface area contributed by atoms with Gasteiger partial charge in [-0.05, 0) is 73.0 Å². The van der Waals surface area contributed by atoms with E-state index in [4.69, 9.17) is 19.9 Å². The van der Waals surface area contributed by atoms with Crippen LogP contribution in [0, 0.1) is 0 Å². The summed E-state index contributed by atoms with van der Waals surface area (Å²) in [5.74, 6) is 0. The average molecular weight is 565 g/mol. The molecule has 4 aromatic heterocycles. The summed E-state index contributed by atoms with van der Waals surface area (Å²) in [7, 11) is 0. The summed E-state index contributed by atoms with van der Waals surface area (Å²) in [4.78, 5) is 21.9. The van der Waals surface area contributed by atoms with Gasteiger partial charge in [0, 0.05) is 0 Å². The van der Waals surface area contributed by atoms with Crippen molar-refractivity contribution in [2.75, 3.05) is 0 Å². The molecule has 44 heavy (non-hydrogen) atoms. The maximum absolute atomic E-state index is 5.47. The topological polar surface area (TPSA) is 56.4 Å². The summed E-state index contributed by atoms with van der Waals surface area (Å²) in [6.45, 7) is 18.3. The van der Waals surface area contributed by atoms with E-state index in [-0.39, 0.29) is 97.1 Å². The van der Waals surface area contributed by atoms with Crippen LogP contribution in [0.25, 0.3) is 0 Å². The summed E-state index contributed by atoms with van der Waals surface area (Å²) in [6.07, 6.45) is 7.67. The van der Waals surface area contributed by atoms with Gasteiger partial charge in [-0.3, -0.25) is 0 Å². The maximum Gasteiger partial charge on any atom is 1.00 e. The van der Waals surface area contributed by atoms with Crippen LogP contribution in [0.3, 0.4) is 0 Å². The first-order valence-corrected chi connectivity index (χ1v) is 15.9. The number of hydrogen-bond donors (Lipinski definition) is 0. The van der Waals surface area contributed by atoms with Crippen LogP contribution in [-0.4, -0.2) is 0 Å². The molecule has 0 unspecified atom stereocenters. The van der Waals surface area contributed by atoms with Gasteiger partial charge in [0.05, 0.1) is 0 Å². The fourth-order valence-electron chi connectivity index (χ4n) is 8.00. The van der Waals surface area contributed by atoms with Crippen molar-refractivity contribution in [3.05, 3.63) is 94.1 Å². The SMILES string of the molecule is CCC1(CC)c2ccc([n-]2)C(CC)(CC)c2ccc([n-]2)C(CC)(CC)c2ccc([n-]2)C(CC)(CC)c2ccc1[n-]2.[Li+].[Li+].[Li+].[Li+]. The Morgan fingerprint density at radius 3 is 0.500 bits per heavy atom. The minimum absolute atomic E-state index is 0. The van der Waals surface area contributed by atoms with Gasteiger partial charge in [-0.25, -0.2) is 0 Å². The zero-order valence-corrected chi connectivity index (χ0v) is 30.1. The van der Waals surface area contributed by atoms with E-state index in [1.165, 1.54) is 0 Å². The molecule has 0 fully saturated rings. The molecule has 0 saturated heterocycles. The standard InChI is InChI=1S/C36H48N4.4Li/c1-9-33(10-2)25-17-19-27(37-25)34(11-3,12-4)29-21-23-31(39-29)36(15-7,16-8)32-24-22-30(40-32)35(13-5,14-6)28-20-18-26(33)38-28;;;;/h17-24H,9-16H2,1-8H3;;;;/q-4;4*+1. The van der Waals surface area contributed by atoms with Crippen molar-refractivity contribution >= 4 is 0 Å². The second kappa shape index (κ2) is 16.1. The largest absolute Gasteiger partial charge is 1.00 e. The molecule has 0 aromatic carbocycles. The number of fused-ring (bicyclic) bond motifs is 8. The average Bonchev–Trinajstić information content (AvgIpc) is 3.81. The molecule has 0 N–H and O–H groups in total. The molecule has 0 amide bonds. The molecular weight excluding hydrogens is 516 g/mol. The van der Waals surface area contributed by atoms with Crippen LogP contribution in [0.2, 0.25) is 0 Å². The summed E-state index contributed by atoms with van der Waals surface area (Å²) in [6, 6.07) is 18.2. The molecule has 8 bridgehead atoms. The Labute approximate surface area is 315 Å². The molecule has 216 valence electrons. The van der Waals surface area contributed by atoms with Gasteiger partial charge in [-0.2, -0.15) is 45.6 Å². The molecule has 1 aliphatic heterocycles. The first-order chi connectivity index (χ1) is 19.3. The van der Waals surface area contributed by atoms with E-state index < -0.39 is 0 Å². The Morgan fingerprint density at radius 1 is 0.295 bits per heavy atom. The van der Waals surface area contributed by atoms with Crippen molar-refractivity contribution in [2.45, 2.75) is 128 Å². The second-order valence-electron chi connectivity index (χ2n) is 12.0. The van der Waals surface area contributed by atoms with Crippen LogP contribution in [0.4, 0.5) is 0 Å². The van der Waals surface area contributed by atoms with Gasteiger partial charge in [-0.15, -0.1) is 0 Å². The second-order valence-corrected chi connectivity index (χ2v) is 12.0. The van der Waals surface area contributed by atoms with Crippen molar-refractivity contribution in [1.82, 2.24) is 19.9 Å². The van der Waals surface area contributed by atoms with Crippen LogP contribution in [0.5, 0.6) is 0 Å². The molecular formula is C36H48Li4N4. The van der Waals surface area contributed by atoms with E-state index in [0.717, 1.165) is 96.9 Å². The number of aromatic nitrogens is 4. The Hall–Kier alpha value is -0.490. The molecule has 0 aliphatic carbocycles. The van der Waals surface area contributed by atoms with Crippen LogP contribution >= 0.6 is 0 Å². The molecule has 4 nitrogen and oxygen atoms in total. The van der Waals surface area contributed by atoms with E-state index in [1.807, 2.05) is 0 Å². The van der Waals surface area contributed by atoms with Crippen molar-refractivity contribution in [2.24, 2.45) is 0 Å². The Bertz CT molecular complexity index is 1130. The van der Waals surface area contributed by atoms with Gasteiger partial charge in [0.2, 0.25) is 0 Å². The summed E-state index contributed by atoms with van der Waals surface area (Å²) in [5, 5.41) is 0. The van der Waals surface area contributed by atoms with Crippen LogP contribution in [0.15, 0.2) is 48.5 Å². The van der Waals surface area contributed by atoms with E-state index in [2.05, 4.69) is 104 Å². The zero-order valence-electron chi connectivity index (χ0n) is 30.1. The molecule has 0 radical (unpaired) electrons. The number of hydrogen-bond acceptors (Lipinski definition) is 0. The molecule has 5 heterocycles. The Balaban J connectivity index is 0.00000242. The number of rotatable bonds is 8. The predicted octanol–water partition coefficient (Wildman–Crippen LogP) is -3.73. The van der Waals surface area contributed by atoms with Gasteiger partial charge < -0.3 is 19.9 Å². The molecule has 0 spiro atoms. The van der Waals surface area contributed by atoms with Crippen LogP contribution in [-0.2, 0) is 21.7 Å². The van der Waals surface area contributed by atoms with Gasteiger partial charge >= 0.3 is 75.4 Å². The minimum Gasteiger partial charge on any atom is -0.663 e. The van der Waals surface area contributed by atoms with E-state index >= 15 is 0 Å². The van der Waals surface area contributed by atoms with Crippen molar-refractivity contribution in [3.8, 4) is 0 Å². The van der Waals surface area contributed by atoms with Crippen LogP contribution < -0.4 is 95.4 Å². The smallest absolute Gasteiger partial charge is 0.663 e. The summed E-state index contributed by atoms with van der Waals surface area (Å²) >= 11 is 0. The van der Waals surface area contributed by atoms with Crippen LogP contribution in [0.1, 0.15) is 152 Å². The first kappa shape index (κ1) is 41.5. The van der Waals surface area contributed by atoms with Crippen molar-refractivity contribution in [1.29, 1.82) is 0 Å². The van der Waals surface area contributed by atoms with E-state index in [0.29, 0.717) is 0 Å². The minimum atomic E-state index is -0.219. The molecule has 0 atom stereocenters. The first-order valence-electron chi connectivity index (χ1n) is 15.9. The summed E-state index contributed by atoms with van der Waals surface area (Å²) in [5.41, 5.74) is 8.28. The third-order valence-corrected chi connectivity index (χ3v) is 11.3. The Morgan fingerprint density at radius 2 is 0.409 bits per heavy atom. The van der Waals surface area contributed by atoms with E-state index in [1.54, 1.807) is 0 Å². The summed E-state index contributed by atoms with van der Waals surface area (Å²) < 4.78 is 0. The Kier molecular flexibility index (Phi) is 15.2. The van der Waals surface area contributed by atoms with Gasteiger partial charge in [0.15, 0.2) is 0 Å². The fraction of sp³-hybridized carbons (Fsp3) is 0.556. The van der Waals surface area contributed by atoms with Crippen molar-refractivity contribution in [3.63, 3.8) is 0 Å². The maximum atomic E-state index is 5.47. The van der Waals surface area contributed by atoms with Crippen molar-refractivity contribution < 1.29 is 75.4 Å². The number of nitrogens with zero attached hydrogens (tertiary/aromatic N) is 4. The normalized spacial score (nSPS) is 16.9.